The maximum Gasteiger partial charge on any atom is 0.227 e. The summed E-state index contributed by atoms with van der Waals surface area (Å²) in [6, 6.07) is 5.91. The molecule has 0 unspecified atom stereocenters. The summed E-state index contributed by atoms with van der Waals surface area (Å²) >= 11 is 1.59. The van der Waals surface area contributed by atoms with Gasteiger partial charge in [0.25, 0.3) is 0 Å². The lowest BCUT2D eigenvalue weighted by Gasteiger charge is -2.33. The Balaban J connectivity index is 1.44. The SMILES string of the molecule is Cc1cnc(SCc2ccccn2)nc1[C@H]1CCCN(C(=O)Cc2c(C)noc2C)C1. The number of hydrogen-bond acceptors (Lipinski definition) is 7. The Kier molecular flexibility index (Phi) is 6.65. The van der Waals surface area contributed by atoms with Gasteiger partial charge in [-0.15, -0.1) is 0 Å². The highest BCUT2D eigenvalue weighted by molar-refractivity contribution is 7.98. The molecule has 1 saturated heterocycles. The van der Waals surface area contributed by atoms with Gasteiger partial charge in [0.1, 0.15) is 5.76 Å². The van der Waals surface area contributed by atoms with Crippen molar-refractivity contribution in [2.75, 3.05) is 13.1 Å². The molecule has 0 saturated carbocycles. The number of likely N-dealkylation sites (tertiary alicyclic amines) is 1. The standard InChI is InChI=1S/C23H27N5O2S/c1-15-12-25-23(31-14-19-8-4-5-9-24-19)26-22(15)18-7-6-10-28(13-18)21(29)11-20-16(2)27-30-17(20)3/h4-5,8-9,12,18H,6-7,10-11,13-14H2,1-3H3/t18-/m0/s1. The molecule has 3 aromatic heterocycles. The quantitative estimate of drug-likeness (QED) is 0.425. The third-order valence-electron chi connectivity index (χ3n) is 5.73. The molecule has 8 heteroatoms. The molecule has 4 heterocycles. The normalized spacial score (nSPS) is 16.5. The molecule has 0 aliphatic carbocycles. The Labute approximate surface area is 186 Å². The van der Waals surface area contributed by atoms with E-state index in [2.05, 4.69) is 15.1 Å². The number of amides is 1. The van der Waals surface area contributed by atoms with Crippen LogP contribution in [0.5, 0.6) is 0 Å². The van der Waals surface area contributed by atoms with E-state index in [1.165, 1.54) is 0 Å². The van der Waals surface area contributed by atoms with E-state index in [1.54, 1.807) is 18.0 Å². The van der Waals surface area contributed by atoms with Gasteiger partial charge in [-0.3, -0.25) is 9.78 Å². The highest BCUT2D eigenvalue weighted by Crippen LogP contribution is 2.30. The molecule has 0 spiro atoms. The van der Waals surface area contributed by atoms with Gasteiger partial charge < -0.3 is 9.42 Å². The summed E-state index contributed by atoms with van der Waals surface area (Å²) in [7, 11) is 0. The zero-order valence-corrected chi connectivity index (χ0v) is 19.0. The summed E-state index contributed by atoms with van der Waals surface area (Å²) in [6.07, 6.45) is 6.03. The molecule has 7 nitrogen and oxygen atoms in total. The lowest BCUT2D eigenvalue weighted by Crippen LogP contribution is -2.40. The third-order valence-corrected chi connectivity index (χ3v) is 6.63. The Hall–Kier alpha value is -2.74. The summed E-state index contributed by atoms with van der Waals surface area (Å²) in [5, 5.41) is 4.72. The summed E-state index contributed by atoms with van der Waals surface area (Å²) in [6.45, 7) is 7.25. The van der Waals surface area contributed by atoms with Crippen molar-refractivity contribution in [3.05, 3.63) is 64.6 Å². The smallest absolute Gasteiger partial charge is 0.227 e. The minimum absolute atomic E-state index is 0.121. The average Bonchev–Trinajstić information content (AvgIpc) is 3.11. The van der Waals surface area contributed by atoms with Crippen LogP contribution in [0.4, 0.5) is 0 Å². The second-order valence-corrected chi connectivity index (χ2v) is 8.93. The minimum Gasteiger partial charge on any atom is -0.361 e. The van der Waals surface area contributed by atoms with Crippen molar-refractivity contribution in [3.8, 4) is 0 Å². The Morgan fingerprint density at radius 2 is 2.13 bits per heavy atom. The largest absolute Gasteiger partial charge is 0.361 e. The van der Waals surface area contributed by atoms with Gasteiger partial charge in [-0.2, -0.15) is 0 Å². The van der Waals surface area contributed by atoms with Crippen LogP contribution in [-0.2, 0) is 17.0 Å². The minimum atomic E-state index is 0.121. The third kappa shape index (κ3) is 5.12. The van der Waals surface area contributed by atoms with Gasteiger partial charge >= 0.3 is 0 Å². The number of aryl methyl sites for hydroxylation is 3. The highest BCUT2D eigenvalue weighted by atomic mass is 32.2. The molecule has 1 aliphatic rings. The molecule has 1 amide bonds. The van der Waals surface area contributed by atoms with Crippen LogP contribution >= 0.6 is 11.8 Å². The van der Waals surface area contributed by atoms with Crippen molar-refractivity contribution < 1.29 is 9.32 Å². The molecule has 0 bridgehead atoms. The summed E-state index contributed by atoms with van der Waals surface area (Å²) < 4.78 is 5.21. The van der Waals surface area contributed by atoms with Crippen LogP contribution in [0.2, 0.25) is 0 Å². The Bertz CT molecular complexity index is 1030. The molecule has 1 fully saturated rings. The Morgan fingerprint density at radius 3 is 2.87 bits per heavy atom. The number of thioether (sulfide) groups is 1. The zero-order chi connectivity index (χ0) is 21.8. The number of nitrogens with zero attached hydrogens (tertiary/aromatic N) is 5. The second kappa shape index (κ2) is 9.60. The van der Waals surface area contributed by atoms with Crippen LogP contribution in [0, 0.1) is 20.8 Å². The maximum atomic E-state index is 13.0. The van der Waals surface area contributed by atoms with Crippen molar-refractivity contribution in [1.29, 1.82) is 0 Å². The number of piperidine rings is 1. The predicted molar refractivity (Wildman–Crippen MR) is 119 cm³/mol. The van der Waals surface area contributed by atoms with Gasteiger partial charge in [-0.05, 0) is 51.3 Å². The molecule has 1 aliphatic heterocycles. The van der Waals surface area contributed by atoms with E-state index in [4.69, 9.17) is 9.51 Å². The monoisotopic (exact) mass is 437 g/mol. The molecule has 31 heavy (non-hydrogen) atoms. The van der Waals surface area contributed by atoms with Gasteiger partial charge in [-0.25, -0.2) is 9.97 Å². The van der Waals surface area contributed by atoms with Gasteiger partial charge in [0.05, 0.1) is 23.5 Å². The van der Waals surface area contributed by atoms with E-state index < -0.39 is 0 Å². The topological polar surface area (TPSA) is 85.0 Å². The molecule has 3 aromatic rings. The van der Waals surface area contributed by atoms with Gasteiger partial charge in [0, 0.05) is 42.7 Å². The zero-order valence-electron chi connectivity index (χ0n) is 18.2. The van der Waals surface area contributed by atoms with E-state index >= 15 is 0 Å². The lowest BCUT2D eigenvalue weighted by atomic mass is 9.92. The molecular weight excluding hydrogens is 410 g/mol. The van der Waals surface area contributed by atoms with Crippen LogP contribution in [0.25, 0.3) is 0 Å². The van der Waals surface area contributed by atoms with Crippen LogP contribution in [0.3, 0.4) is 0 Å². The van der Waals surface area contributed by atoms with E-state index in [0.717, 1.165) is 64.3 Å². The van der Waals surface area contributed by atoms with Crippen LogP contribution in [0.1, 0.15) is 52.7 Å². The summed E-state index contributed by atoms with van der Waals surface area (Å²) in [5.74, 6) is 1.80. The van der Waals surface area contributed by atoms with Gasteiger partial charge in [-0.1, -0.05) is 23.0 Å². The number of pyridine rings is 1. The first-order valence-electron chi connectivity index (χ1n) is 10.6. The van der Waals surface area contributed by atoms with Crippen LogP contribution < -0.4 is 0 Å². The predicted octanol–water partition coefficient (Wildman–Crippen LogP) is 4.03. The highest BCUT2D eigenvalue weighted by Gasteiger charge is 2.28. The number of rotatable bonds is 6. The first-order valence-corrected chi connectivity index (χ1v) is 11.6. The van der Waals surface area contributed by atoms with Crippen molar-refractivity contribution >= 4 is 17.7 Å². The first-order chi connectivity index (χ1) is 15.0. The van der Waals surface area contributed by atoms with Crippen LogP contribution in [-0.4, -0.2) is 44.0 Å². The van der Waals surface area contributed by atoms with Crippen molar-refractivity contribution in [3.63, 3.8) is 0 Å². The number of carbonyl (C=O) groups excluding carboxylic acids is 1. The fourth-order valence-electron chi connectivity index (χ4n) is 3.99. The number of aromatic nitrogens is 4. The van der Waals surface area contributed by atoms with Crippen LogP contribution in [0.15, 0.2) is 40.3 Å². The molecule has 4 rings (SSSR count). The average molecular weight is 438 g/mol. The molecule has 1 atom stereocenters. The van der Waals surface area contributed by atoms with E-state index in [9.17, 15) is 4.79 Å². The van der Waals surface area contributed by atoms with Gasteiger partial charge in [0.2, 0.25) is 5.91 Å². The number of hydrogen-bond donors (Lipinski definition) is 0. The Morgan fingerprint density at radius 1 is 1.26 bits per heavy atom. The molecule has 0 aromatic carbocycles. The fourth-order valence-corrected chi connectivity index (χ4v) is 4.73. The van der Waals surface area contributed by atoms with E-state index in [0.29, 0.717) is 13.0 Å². The molecule has 0 radical (unpaired) electrons. The van der Waals surface area contributed by atoms with E-state index in [1.807, 2.05) is 50.1 Å². The summed E-state index contributed by atoms with van der Waals surface area (Å²) in [4.78, 5) is 28.7. The van der Waals surface area contributed by atoms with Crippen molar-refractivity contribution in [2.24, 2.45) is 0 Å². The molecular formula is C23H27N5O2S. The first kappa shape index (κ1) is 21.5. The lowest BCUT2D eigenvalue weighted by molar-refractivity contribution is -0.131. The maximum absolute atomic E-state index is 13.0. The van der Waals surface area contributed by atoms with E-state index in [-0.39, 0.29) is 11.8 Å². The fraction of sp³-hybridized carbons (Fsp3) is 0.435. The van der Waals surface area contributed by atoms with Crippen molar-refractivity contribution in [2.45, 2.75) is 56.9 Å². The van der Waals surface area contributed by atoms with Crippen molar-refractivity contribution in [1.82, 2.24) is 25.0 Å². The second-order valence-electron chi connectivity index (χ2n) is 7.99. The van der Waals surface area contributed by atoms with Gasteiger partial charge in [0.15, 0.2) is 5.16 Å². The summed E-state index contributed by atoms with van der Waals surface area (Å²) in [5.41, 5.74) is 4.83. The molecule has 162 valence electrons. The number of carbonyl (C=O) groups is 1. The molecule has 0 N–H and O–H groups in total.